The molecule has 4 unspecified atom stereocenters. The fourth-order valence-corrected chi connectivity index (χ4v) is 3.56. The quantitative estimate of drug-likeness (QED) is 0.844. The Morgan fingerprint density at radius 3 is 2.35 bits per heavy atom. The predicted octanol–water partition coefficient (Wildman–Crippen LogP) is 2.33. The van der Waals surface area contributed by atoms with Crippen LogP contribution in [0.5, 0.6) is 0 Å². The monoisotopic (exact) mass is 280 g/mol. The van der Waals surface area contributed by atoms with Gasteiger partial charge in [0.1, 0.15) is 12.1 Å². The first-order valence-electron chi connectivity index (χ1n) is 7.88. The van der Waals surface area contributed by atoms with E-state index in [0.29, 0.717) is 12.3 Å². The molecular weight excluding hydrogens is 252 g/mol. The zero-order valence-corrected chi connectivity index (χ0v) is 13.4. The molecule has 0 bridgehead atoms. The van der Waals surface area contributed by atoms with E-state index in [2.05, 4.69) is 12.2 Å². The van der Waals surface area contributed by atoms with Crippen molar-refractivity contribution in [2.45, 2.75) is 78.4 Å². The molecule has 0 radical (unpaired) electrons. The largest absolute Gasteiger partial charge is 0.342 e. The SMILES string of the molecule is CCC1C(=O)NC(C(C)(C)C)C(=O)N1C1CCC(C)C1. The van der Waals surface area contributed by atoms with Crippen LogP contribution in [0, 0.1) is 11.3 Å². The number of hydrogen-bond acceptors (Lipinski definition) is 2. The fourth-order valence-electron chi connectivity index (χ4n) is 3.56. The fraction of sp³-hybridized carbons (Fsp3) is 0.875. The Labute approximate surface area is 122 Å². The van der Waals surface area contributed by atoms with Crippen molar-refractivity contribution in [3.8, 4) is 0 Å². The summed E-state index contributed by atoms with van der Waals surface area (Å²) < 4.78 is 0. The van der Waals surface area contributed by atoms with Gasteiger partial charge < -0.3 is 10.2 Å². The molecule has 1 saturated carbocycles. The van der Waals surface area contributed by atoms with E-state index in [0.717, 1.165) is 19.3 Å². The van der Waals surface area contributed by atoms with Crippen molar-refractivity contribution in [3.05, 3.63) is 0 Å². The summed E-state index contributed by atoms with van der Waals surface area (Å²) in [6.07, 6.45) is 3.92. The van der Waals surface area contributed by atoms with Crippen LogP contribution in [0.3, 0.4) is 0 Å². The first kappa shape index (κ1) is 15.3. The average Bonchev–Trinajstić information content (AvgIpc) is 2.76. The molecular formula is C16H28N2O2. The molecule has 0 aromatic rings. The second-order valence-corrected chi connectivity index (χ2v) is 7.55. The van der Waals surface area contributed by atoms with Gasteiger partial charge in [0.05, 0.1) is 0 Å². The number of nitrogens with zero attached hydrogens (tertiary/aromatic N) is 1. The third kappa shape index (κ3) is 2.70. The van der Waals surface area contributed by atoms with Gasteiger partial charge in [-0.15, -0.1) is 0 Å². The van der Waals surface area contributed by atoms with Crippen molar-refractivity contribution in [1.82, 2.24) is 10.2 Å². The summed E-state index contributed by atoms with van der Waals surface area (Å²) in [6.45, 7) is 10.3. The normalized spacial score (nSPS) is 35.4. The Morgan fingerprint density at radius 2 is 1.90 bits per heavy atom. The van der Waals surface area contributed by atoms with Crippen LogP contribution in [0.1, 0.15) is 60.3 Å². The summed E-state index contributed by atoms with van der Waals surface area (Å²) in [5.41, 5.74) is -0.242. The summed E-state index contributed by atoms with van der Waals surface area (Å²) in [7, 11) is 0. The van der Waals surface area contributed by atoms with Gasteiger partial charge in [0.25, 0.3) is 0 Å². The van der Waals surface area contributed by atoms with Crippen LogP contribution >= 0.6 is 0 Å². The van der Waals surface area contributed by atoms with E-state index < -0.39 is 6.04 Å². The molecule has 2 fully saturated rings. The lowest BCUT2D eigenvalue weighted by molar-refractivity contribution is -0.155. The molecule has 4 atom stereocenters. The lowest BCUT2D eigenvalue weighted by Gasteiger charge is -2.45. The Morgan fingerprint density at radius 1 is 1.25 bits per heavy atom. The summed E-state index contributed by atoms with van der Waals surface area (Å²) in [5, 5.41) is 2.94. The van der Waals surface area contributed by atoms with E-state index in [1.807, 2.05) is 32.6 Å². The number of amides is 2. The van der Waals surface area contributed by atoms with E-state index >= 15 is 0 Å². The molecule has 0 aromatic carbocycles. The molecule has 0 spiro atoms. The van der Waals surface area contributed by atoms with Gasteiger partial charge in [-0.05, 0) is 37.0 Å². The van der Waals surface area contributed by atoms with Gasteiger partial charge in [0.2, 0.25) is 11.8 Å². The topological polar surface area (TPSA) is 49.4 Å². The number of nitrogens with one attached hydrogen (secondary N) is 1. The Kier molecular flexibility index (Phi) is 4.12. The number of rotatable bonds is 2. The second-order valence-electron chi connectivity index (χ2n) is 7.55. The Bertz CT molecular complexity index is 400. The Hall–Kier alpha value is -1.06. The minimum absolute atomic E-state index is 0.0200. The van der Waals surface area contributed by atoms with Gasteiger partial charge in [0.15, 0.2) is 0 Å². The molecule has 2 amide bonds. The summed E-state index contributed by atoms with van der Waals surface area (Å²) in [6, 6.07) is -0.427. The van der Waals surface area contributed by atoms with Crippen LogP contribution in [0.25, 0.3) is 0 Å². The minimum atomic E-state index is -0.395. The third-order valence-corrected chi connectivity index (χ3v) is 4.74. The van der Waals surface area contributed by atoms with Crippen molar-refractivity contribution >= 4 is 11.8 Å². The molecule has 2 aliphatic rings. The maximum absolute atomic E-state index is 12.9. The minimum Gasteiger partial charge on any atom is -0.342 e. The van der Waals surface area contributed by atoms with Crippen LogP contribution < -0.4 is 5.32 Å². The highest BCUT2D eigenvalue weighted by atomic mass is 16.2. The molecule has 114 valence electrons. The van der Waals surface area contributed by atoms with Gasteiger partial charge in [-0.2, -0.15) is 0 Å². The van der Waals surface area contributed by atoms with Gasteiger partial charge >= 0.3 is 0 Å². The Balaban J connectivity index is 2.28. The molecule has 1 aliphatic heterocycles. The van der Waals surface area contributed by atoms with Crippen LogP contribution in [0.2, 0.25) is 0 Å². The number of carbonyl (C=O) groups is 2. The lowest BCUT2D eigenvalue weighted by Crippen LogP contribution is -2.68. The predicted molar refractivity (Wildman–Crippen MR) is 79.1 cm³/mol. The standard InChI is InChI=1S/C16H28N2O2/c1-6-12-14(19)17-13(16(3,4)5)15(20)18(12)11-8-7-10(2)9-11/h10-13H,6-9H2,1-5H3,(H,17,19). The number of carbonyl (C=O) groups excluding carboxylic acids is 2. The van der Waals surface area contributed by atoms with E-state index in [9.17, 15) is 9.59 Å². The molecule has 0 aromatic heterocycles. The highest BCUT2D eigenvalue weighted by Gasteiger charge is 2.47. The summed E-state index contributed by atoms with van der Waals surface area (Å²) >= 11 is 0. The van der Waals surface area contributed by atoms with Crippen LogP contribution in [0.4, 0.5) is 0 Å². The average molecular weight is 280 g/mol. The molecule has 20 heavy (non-hydrogen) atoms. The van der Waals surface area contributed by atoms with Crippen LogP contribution in [-0.2, 0) is 9.59 Å². The summed E-state index contributed by atoms with van der Waals surface area (Å²) in [4.78, 5) is 27.2. The van der Waals surface area contributed by atoms with E-state index in [1.54, 1.807) is 0 Å². The molecule has 1 heterocycles. The van der Waals surface area contributed by atoms with Gasteiger partial charge in [-0.1, -0.05) is 34.6 Å². The zero-order chi connectivity index (χ0) is 15.1. The molecule has 1 N–H and O–H groups in total. The lowest BCUT2D eigenvalue weighted by atomic mass is 9.83. The van der Waals surface area contributed by atoms with Crippen molar-refractivity contribution in [2.24, 2.45) is 11.3 Å². The molecule has 1 saturated heterocycles. The first-order chi connectivity index (χ1) is 9.25. The summed E-state index contributed by atoms with van der Waals surface area (Å²) in [5.74, 6) is 0.790. The van der Waals surface area contributed by atoms with E-state index in [-0.39, 0.29) is 29.3 Å². The molecule has 4 nitrogen and oxygen atoms in total. The van der Waals surface area contributed by atoms with Gasteiger partial charge in [-0.3, -0.25) is 9.59 Å². The van der Waals surface area contributed by atoms with Crippen molar-refractivity contribution in [2.75, 3.05) is 0 Å². The van der Waals surface area contributed by atoms with E-state index in [1.165, 1.54) is 0 Å². The van der Waals surface area contributed by atoms with Crippen molar-refractivity contribution in [3.63, 3.8) is 0 Å². The van der Waals surface area contributed by atoms with Crippen LogP contribution in [-0.4, -0.2) is 34.8 Å². The molecule has 4 heteroatoms. The third-order valence-electron chi connectivity index (χ3n) is 4.74. The van der Waals surface area contributed by atoms with Gasteiger partial charge in [0, 0.05) is 6.04 Å². The van der Waals surface area contributed by atoms with Crippen molar-refractivity contribution in [1.29, 1.82) is 0 Å². The highest BCUT2D eigenvalue weighted by molar-refractivity contribution is 5.97. The first-order valence-corrected chi connectivity index (χ1v) is 7.88. The maximum atomic E-state index is 12.9. The molecule has 2 rings (SSSR count). The van der Waals surface area contributed by atoms with E-state index in [4.69, 9.17) is 0 Å². The zero-order valence-electron chi connectivity index (χ0n) is 13.4. The highest BCUT2D eigenvalue weighted by Crippen LogP contribution is 2.34. The van der Waals surface area contributed by atoms with Gasteiger partial charge in [-0.25, -0.2) is 0 Å². The number of hydrogen-bond donors (Lipinski definition) is 1. The second kappa shape index (κ2) is 5.38. The van der Waals surface area contributed by atoms with Crippen molar-refractivity contribution < 1.29 is 9.59 Å². The van der Waals surface area contributed by atoms with Crippen LogP contribution in [0.15, 0.2) is 0 Å². The number of piperazine rings is 1. The smallest absolute Gasteiger partial charge is 0.246 e. The molecule has 1 aliphatic carbocycles. The maximum Gasteiger partial charge on any atom is 0.246 e.